The molecule has 66 heavy (non-hydrogen) atoms. The monoisotopic (exact) mass is 946 g/mol. The Balaban J connectivity index is 0.000000232. The molecule has 352 valence electrons. The molecule has 4 aromatic carbocycles. The first-order valence-electron chi connectivity index (χ1n) is 20.5. The van der Waals surface area contributed by atoms with E-state index < -0.39 is 54.8 Å². The van der Waals surface area contributed by atoms with Gasteiger partial charge in [0.2, 0.25) is 0 Å². The van der Waals surface area contributed by atoms with E-state index in [4.69, 9.17) is 16.3 Å². The van der Waals surface area contributed by atoms with Crippen LogP contribution in [0.5, 0.6) is 23.0 Å². The molecule has 2 aromatic heterocycles. The Morgan fingerprint density at radius 2 is 0.955 bits per heavy atom. The van der Waals surface area contributed by atoms with Gasteiger partial charge in [0.15, 0.2) is 23.0 Å². The second-order valence-corrected chi connectivity index (χ2v) is 14.3. The molecule has 8 nitrogen and oxygen atoms in total. The van der Waals surface area contributed by atoms with Crippen molar-refractivity contribution in [3.8, 4) is 23.0 Å². The topological polar surface area (TPSA) is 89.0 Å². The quantitative estimate of drug-likeness (QED) is 0.0451. The summed E-state index contributed by atoms with van der Waals surface area (Å²) in [6, 6.07) is 33.9. The summed E-state index contributed by atoms with van der Waals surface area (Å²) in [6.45, 7) is -6.33. The third-order valence-electron chi connectivity index (χ3n) is 9.37. The molecule has 0 saturated carbocycles. The van der Waals surface area contributed by atoms with E-state index in [2.05, 4.69) is 28.9 Å². The number of aryl methyl sites for hydroxylation is 2. The Hall–Kier alpha value is -6.42. The average Bonchev–Trinajstić information content (AvgIpc) is 3.29. The molecule has 0 bridgehead atoms. The van der Waals surface area contributed by atoms with Gasteiger partial charge in [0.1, 0.15) is 0 Å². The van der Waals surface area contributed by atoms with Crippen LogP contribution < -0.4 is 18.9 Å². The van der Waals surface area contributed by atoms with Crippen molar-refractivity contribution in [2.45, 2.75) is 84.2 Å². The predicted molar refractivity (Wildman–Crippen MR) is 233 cm³/mol. The number of benzene rings is 4. The van der Waals surface area contributed by atoms with Gasteiger partial charge < -0.3 is 23.7 Å². The molecular weight excluding hydrogens is 900 g/mol. The maximum atomic E-state index is 12.9. The summed E-state index contributed by atoms with van der Waals surface area (Å²) in [7, 11) is 0. The van der Waals surface area contributed by atoms with Crippen LogP contribution in [-0.2, 0) is 35.2 Å². The van der Waals surface area contributed by atoms with Gasteiger partial charge in [0.25, 0.3) is 0 Å². The minimum atomic E-state index is -3.17. The number of alkyl halides is 9. The first kappa shape index (κ1) is 52.2. The maximum absolute atomic E-state index is 12.9. The van der Waals surface area contributed by atoms with Gasteiger partial charge in [-0.05, 0) is 108 Å². The van der Waals surface area contributed by atoms with E-state index >= 15 is 0 Å². The van der Waals surface area contributed by atoms with E-state index in [-0.39, 0.29) is 11.9 Å². The summed E-state index contributed by atoms with van der Waals surface area (Å²) >= 11 is 6.27. The molecular formula is C49H47ClF8N2O6. The highest BCUT2D eigenvalue weighted by Crippen LogP contribution is 2.38. The van der Waals surface area contributed by atoms with Gasteiger partial charge in [0, 0.05) is 29.7 Å². The Labute approximate surface area is 382 Å². The van der Waals surface area contributed by atoms with Crippen molar-refractivity contribution in [1.82, 2.24) is 9.97 Å². The van der Waals surface area contributed by atoms with Gasteiger partial charge in [-0.1, -0.05) is 86.6 Å². The number of hydrogen-bond acceptors (Lipinski definition) is 8. The van der Waals surface area contributed by atoms with Crippen LogP contribution >= 0.6 is 11.6 Å². The van der Waals surface area contributed by atoms with Gasteiger partial charge >= 0.3 is 32.4 Å². The number of pyridine rings is 2. The number of hydrogen-bond donors (Lipinski definition) is 0. The first-order valence-corrected chi connectivity index (χ1v) is 21.0. The molecule has 0 saturated heterocycles. The van der Waals surface area contributed by atoms with Crippen LogP contribution in [0.3, 0.4) is 0 Å². The molecule has 2 atom stereocenters. The van der Waals surface area contributed by atoms with E-state index in [0.29, 0.717) is 30.6 Å². The Kier molecular flexibility index (Phi) is 21.5. The van der Waals surface area contributed by atoms with Crippen molar-refractivity contribution in [2.24, 2.45) is 0 Å². The lowest BCUT2D eigenvalue weighted by Gasteiger charge is -2.21. The largest absolute Gasteiger partial charge is 0.466 e. The number of carbonyl (C=O) groups is 1. The summed E-state index contributed by atoms with van der Waals surface area (Å²) in [5.74, 6) is -2.21. The number of aromatic nitrogens is 2. The lowest BCUT2D eigenvalue weighted by Crippen LogP contribution is -2.10. The van der Waals surface area contributed by atoms with Crippen molar-refractivity contribution in [1.29, 1.82) is 0 Å². The second kappa shape index (κ2) is 27.1. The lowest BCUT2D eigenvalue weighted by atomic mass is 9.86. The zero-order chi connectivity index (χ0) is 48.0. The molecule has 0 aliphatic rings. The van der Waals surface area contributed by atoms with E-state index in [1.165, 1.54) is 18.2 Å². The zero-order valence-electron chi connectivity index (χ0n) is 35.9. The van der Waals surface area contributed by atoms with Crippen molar-refractivity contribution in [3.05, 3.63) is 178 Å². The van der Waals surface area contributed by atoms with Crippen LogP contribution in [-0.4, -0.2) is 49.0 Å². The summed E-state index contributed by atoms with van der Waals surface area (Å²) in [5, 5.41) is -0.637. The standard InChI is InChI=1S/C23H21F4NO2.C15H11ClF4O2.C11H15NO2/c1-2-18-12-15(10-11-28-18)13-19(16-6-4-3-5-7-16)17-8-9-20(29-22(24)25)21(14-17)30-23(26)27;16-13(9-4-2-1-3-5-9)10-6-7-11(21-14(17)18)12(8-10)22-15(19)20;1-3-10-7-9(5-6-12-10)8-11(13)14-4-2/h3-12,14,19,22-23H,2,13H2,1H3;1-8,13-15H;5-7H,3-4,8H2,1-2H3/t19-;;/m1../s1. The minimum absolute atomic E-state index is 0.180. The molecule has 6 aromatic rings. The Bertz CT molecular complexity index is 2370. The summed E-state index contributed by atoms with van der Waals surface area (Å²) in [6.07, 6.45) is 6.05. The SMILES string of the molecule is CCOC(=O)Cc1ccnc(CC)c1.CCc1cc(C[C@H](c2ccccc2)c2ccc(OC(F)F)c(OC(F)F)c2)ccn1.FC(F)Oc1ccc(C(Cl)c2ccccc2)cc1OC(F)F. The number of rotatable bonds is 19. The van der Waals surface area contributed by atoms with E-state index in [1.54, 1.807) is 48.8 Å². The molecule has 0 amide bonds. The van der Waals surface area contributed by atoms with Gasteiger partial charge in [-0.15, -0.1) is 11.6 Å². The minimum Gasteiger partial charge on any atom is -0.466 e. The summed E-state index contributed by atoms with van der Waals surface area (Å²) in [5.41, 5.74) is 6.70. The van der Waals surface area contributed by atoms with Crippen LogP contribution in [0.4, 0.5) is 35.1 Å². The average molecular weight is 947 g/mol. The number of esters is 1. The number of ether oxygens (including phenoxy) is 5. The van der Waals surface area contributed by atoms with Crippen LogP contribution in [0.25, 0.3) is 0 Å². The maximum Gasteiger partial charge on any atom is 0.387 e. The van der Waals surface area contributed by atoms with Crippen molar-refractivity contribution >= 4 is 17.6 Å². The lowest BCUT2D eigenvalue weighted by molar-refractivity contribution is -0.142. The molecule has 0 spiro atoms. The molecule has 17 heteroatoms. The fourth-order valence-electron chi connectivity index (χ4n) is 6.41. The van der Waals surface area contributed by atoms with E-state index in [0.717, 1.165) is 58.6 Å². The van der Waals surface area contributed by atoms with Crippen LogP contribution in [0, 0.1) is 0 Å². The molecule has 0 aliphatic heterocycles. The molecule has 0 fully saturated rings. The predicted octanol–water partition coefficient (Wildman–Crippen LogP) is 13.2. The van der Waals surface area contributed by atoms with Crippen LogP contribution in [0.1, 0.15) is 76.8 Å². The molecule has 6 rings (SSSR count). The van der Waals surface area contributed by atoms with E-state index in [1.807, 2.05) is 75.4 Å². The normalized spacial score (nSPS) is 11.8. The summed E-state index contributed by atoms with van der Waals surface area (Å²) < 4.78 is 122. The highest BCUT2D eigenvalue weighted by Gasteiger charge is 2.22. The highest BCUT2D eigenvalue weighted by molar-refractivity contribution is 6.22. The highest BCUT2D eigenvalue weighted by atomic mass is 35.5. The smallest absolute Gasteiger partial charge is 0.387 e. The Morgan fingerprint density at radius 1 is 0.515 bits per heavy atom. The molecule has 2 heterocycles. The molecule has 1 unspecified atom stereocenters. The third kappa shape index (κ3) is 17.5. The summed E-state index contributed by atoms with van der Waals surface area (Å²) in [4.78, 5) is 19.6. The molecule has 0 N–H and O–H groups in total. The third-order valence-corrected chi connectivity index (χ3v) is 9.87. The fraction of sp³-hybridized carbons (Fsp3) is 0.286. The van der Waals surface area contributed by atoms with Gasteiger partial charge in [-0.25, -0.2) is 0 Å². The molecule has 0 radical (unpaired) electrons. The molecule has 0 aliphatic carbocycles. The fourth-order valence-corrected chi connectivity index (χ4v) is 6.69. The second-order valence-electron chi connectivity index (χ2n) is 13.9. The van der Waals surface area contributed by atoms with Gasteiger partial charge in [-0.3, -0.25) is 14.8 Å². The van der Waals surface area contributed by atoms with Crippen molar-refractivity contribution < 1.29 is 63.6 Å². The zero-order valence-corrected chi connectivity index (χ0v) is 36.7. The number of nitrogens with zero attached hydrogens (tertiary/aromatic N) is 2. The van der Waals surface area contributed by atoms with Crippen LogP contribution in [0.15, 0.2) is 134 Å². The van der Waals surface area contributed by atoms with Gasteiger partial charge in [0.05, 0.1) is 18.4 Å². The number of carbonyl (C=O) groups excluding carboxylic acids is 1. The van der Waals surface area contributed by atoms with Crippen LogP contribution in [0.2, 0.25) is 0 Å². The van der Waals surface area contributed by atoms with Crippen molar-refractivity contribution in [2.75, 3.05) is 6.61 Å². The Morgan fingerprint density at radius 3 is 1.44 bits per heavy atom. The van der Waals surface area contributed by atoms with Crippen molar-refractivity contribution in [3.63, 3.8) is 0 Å². The first-order chi connectivity index (χ1) is 31.7. The van der Waals surface area contributed by atoms with E-state index in [9.17, 15) is 39.9 Å². The van der Waals surface area contributed by atoms with Gasteiger partial charge in [-0.2, -0.15) is 35.1 Å². The number of halogens is 9.